The molecule has 0 fully saturated rings. The third-order valence-electron chi connectivity index (χ3n) is 3.18. The van der Waals surface area contributed by atoms with Gasteiger partial charge in [0.15, 0.2) is 0 Å². The number of methoxy groups -OCH3 is 1. The van der Waals surface area contributed by atoms with Crippen LogP contribution in [0.25, 0.3) is 0 Å². The SMILES string of the molecule is CC.CCC(CC)NC(CC)c1cc(OC)ccn1. The molecule has 1 N–H and O–H groups in total. The third kappa shape index (κ3) is 6.06. The fourth-order valence-corrected chi connectivity index (χ4v) is 1.97. The number of hydrogen-bond donors (Lipinski definition) is 1. The zero-order valence-corrected chi connectivity index (χ0v) is 13.4. The van der Waals surface area contributed by atoms with Gasteiger partial charge < -0.3 is 10.1 Å². The van der Waals surface area contributed by atoms with Gasteiger partial charge in [0.05, 0.1) is 12.8 Å². The van der Waals surface area contributed by atoms with Crippen LogP contribution < -0.4 is 10.1 Å². The topological polar surface area (TPSA) is 34.1 Å². The first kappa shape index (κ1) is 17.9. The van der Waals surface area contributed by atoms with Crippen LogP contribution in [0.2, 0.25) is 0 Å². The molecule has 19 heavy (non-hydrogen) atoms. The second-order valence-electron chi connectivity index (χ2n) is 4.26. The Morgan fingerprint density at radius 1 is 1.16 bits per heavy atom. The lowest BCUT2D eigenvalue weighted by Crippen LogP contribution is -2.32. The first-order chi connectivity index (χ1) is 9.24. The minimum Gasteiger partial charge on any atom is -0.497 e. The largest absolute Gasteiger partial charge is 0.497 e. The standard InChI is InChI=1S/C14H24N2O.C2H6/c1-5-11(6-2)16-13(7-3)14-10-12(17-4)8-9-15-14;1-2/h8-11,13,16H,5-7H2,1-4H3;1-2H3. The Kier molecular flexibility index (Phi) is 10.2. The van der Waals surface area contributed by atoms with E-state index in [0.717, 1.165) is 30.7 Å². The second-order valence-corrected chi connectivity index (χ2v) is 4.26. The van der Waals surface area contributed by atoms with E-state index in [4.69, 9.17) is 4.74 Å². The molecular weight excluding hydrogens is 236 g/mol. The lowest BCUT2D eigenvalue weighted by atomic mass is 10.1. The molecule has 3 nitrogen and oxygen atoms in total. The van der Waals surface area contributed by atoms with Crippen molar-refractivity contribution in [1.29, 1.82) is 0 Å². The van der Waals surface area contributed by atoms with Gasteiger partial charge in [-0.3, -0.25) is 4.98 Å². The summed E-state index contributed by atoms with van der Waals surface area (Å²) in [4.78, 5) is 4.44. The number of nitrogens with one attached hydrogen (secondary N) is 1. The van der Waals surface area contributed by atoms with Crippen molar-refractivity contribution in [3.05, 3.63) is 24.0 Å². The fraction of sp³-hybridized carbons (Fsp3) is 0.688. The molecule has 0 aromatic carbocycles. The minimum absolute atomic E-state index is 0.315. The van der Waals surface area contributed by atoms with Crippen molar-refractivity contribution in [3.63, 3.8) is 0 Å². The lowest BCUT2D eigenvalue weighted by Gasteiger charge is -2.23. The zero-order chi connectivity index (χ0) is 14.7. The van der Waals surface area contributed by atoms with Crippen molar-refractivity contribution >= 4 is 0 Å². The number of aromatic nitrogens is 1. The lowest BCUT2D eigenvalue weighted by molar-refractivity contribution is 0.393. The molecule has 0 amide bonds. The van der Waals surface area contributed by atoms with E-state index >= 15 is 0 Å². The van der Waals surface area contributed by atoms with E-state index < -0.39 is 0 Å². The first-order valence-electron chi connectivity index (χ1n) is 7.51. The first-order valence-corrected chi connectivity index (χ1v) is 7.51. The molecule has 0 spiro atoms. The van der Waals surface area contributed by atoms with Crippen molar-refractivity contribution in [1.82, 2.24) is 10.3 Å². The van der Waals surface area contributed by atoms with Crippen LogP contribution in [-0.2, 0) is 0 Å². The highest BCUT2D eigenvalue weighted by atomic mass is 16.5. The van der Waals surface area contributed by atoms with Gasteiger partial charge in [-0.1, -0.05) is 34.6 Å². The summed E-state index contributed by atoms with van der Waals surface area (Å²) in [6.45, 7) is 10.6. The number of ether oxygens (including phenoxy) is 1. The van der Waals surface area contributed by atoms with Crippen LogP contribution in [0, 0.1) is 0 Å². The summed E-state index contributed by atoms with van der Waals surface area (Å²) in [6.07, 6.45) is 5.15. The summed E-state index contributed by atoms with van der Waals surface area (Å²) < 4.78 is 5.24. The molecule has 0 bridgehead atoms. The van der Waals surface area contributed by atoms with Crippen LogP contribution >= 0.6 is 0 Å². The van der Waals surface area contributed by atoms with Gasteiger partial charge in [-0.2, -0.15) is 0 Å². The molecular formula is C16H30N2O. The summed E-state index contributed by atoms with van der Waals surface area (Å²) in [7, 11) is 1.69. The van der Waals surface area contributed by atoms with E-state index in [-0.39, 0.29) is 0 Å². The number of hydrogen-bond acceptors (Lipinski definition) is 3. The molecule has 1 aromatic rings. The Bertz CT molecular complexity index is 324. The highest BCUT2D eigenvalue weighted by molar-refractivity contribution is 5.24. The second kappa shape index (κ2) is 10.8. The summed E-state index contributed by atoms with van der Waals surface area (Å²) in [5.41, 5.74) is 1.07. The normalized spacial score (nSPS) is 11.7. The molecule has 0 saturated carbocycles. The molecule has 0 aliphatic rings. The average Bonchev–Trinajstić information content (AvgIpc) is 2.50. The summed E-state index contributed by atoms with van der Waals surface area (Å²) in [6, 6.07) is 4.78. The van der Waals surface area contributed by atoms with Crippen LogP contribution in [-0.4, -0.2) is 18.1 Å². The van der Waals surface area contributed by atoms with Crippen LogP contribution in [0.3, 0.4) is 0 Å². The van der Waals surface area contributed by atoms with E-state index in [1.165, 1.54) is 0 Å². The Balaban J connectivity index is 0.00000154. The van der Waals surface area contributed by atoms with Gasteiger partial charge in [0.2, 0.25) is 0 Å². The van der Waals surface area contributed by atoms with E-state index in [2.05, 4.69) is 31.1 Å². The van der Waals surface area contributed by atoms with E-state index in [9.17, 15) is 0 Å². The molecule has 3 heteroatoms. The van der Waals surface area contributed by atoms with Crippen LogP contribution in [0.5, 0.6) is 5.75 Å². The number of pyridine rings is 1. The van der Waals surface area contributed by atoms with E-state index in [1.54, 1.807) is 7.11 Å². The van der Waals surface area contributed by atoms with Crippen LogP contribution in [0.15, 0.2) is 18.3 Å². The predicted octanol–water partition coefficient (Wildman–Crippen LogP) is 4.35. The summed E-state index contributed by atoms with van der Waals surface area (Å²) >= 11 is 0. The van der Waals surface area contributed by atoms with Gasteiger partial charge in [-0.25, -0.2) is 0 Å². The van der Waals surface area contributed by atoms with Crippen molar-refractivity contribution in [2.24, 2.45) is 0 Å². The quantitative estimate of drug-likeness (QED) is 0.797. The van der Waals surface area contributed by atoms with Crippen molar-refractivity contribution in [2.75, 3.05) is 7.11 Å². The van der Waals surface area contributed by atoms with Crippen LogP contribution in [0.1, 0.15) is 65.6 Å². The maximum atomic E-state index is 5.24. The Morgan fingerprint density at radius 3 is 2.26 bits per heavy atom. The predicted molar refractivity (Wildman–Crippen MR) is 82.7 cm³/mol. The zero-order valence-electron chi connectivity index (χ0n) is 13.4. The van der Waals surface area contributed by atoms with Gasteiger partial charge >= 0.3 is 0 Å². The average molecular weight is 266 g/mol. The van der Waals surface area contributed by atoms with E-state index in [1.807, 2.05) is 32.2 Å². The highest BCUT2D eigenvalue weighted by Crippen LogP contribution is 2.20. The Morgan fingerprint density at radius 2 is 1.79 bits per heavy atom. The van der Waals surface area contributed by atoms with Crippen molar-refractivity contribution < 1.29 is 4.74 Å². The van der Waals surface area contributed by atoms with Crippen LogP contribution in [0.4, 0.5) is 0 Å². The third-order valence-corrected chi connectivity index (χ3v) is 3.18. The van der Waals surface area contributed by atoms with E-state index in [0.29, 0.717) is 12.1 Å². The van der Waals surface area contributed by atoms with Gasteiger partial charge in [-0.15, -0.1) is 0 Å². The molecule has 110 valence electrons. The molecule has 0 saturated heterocycles. The monoisotopic (exact) mass is 266 g/mol. The number of rotatable bonds is 7. The molecule has 1 aromatic heterocycles. The van der Waals surface area contributed by atoms with Gasteiger partial charge in [0, 0.05) is 24.3 Å². The Labute approximate surface area is 118 Å². The molecule has 0 aliphatic heterocycles. The highest BCUT2D eigenvalue weighted by Gasteiger charge is 2.14. The maximum Gasteiger partial charge on any atom is 0.122 e. The summed E-state index contributed by atoms with van der Waals surface area (Å²) in [5.74, 6) is 0.875. The van der Waals surface area contributed by atoms with Gasteiger partial charge in [0.25, 0.3) is 0 Å². The smallest absolute Gasteiger partial charge is 0.122 e. The maximum absolute atomic E-state index is 5.24. The van der Waals surface area contributed by atoms with Gasteiger partial charge in [-0.05, 0) is 25.3 Å². The fourth-order valence-electron chi connectivity index (χ4n) is 1.97. The van der Waals surface area contributed by atoms with Crippen molar-refractivity contribution in [2.45, 2.75) is 66.0 Å². The Hall–Kier alpha value is -1.09. The minimum atomic E-state index is 0.315. The molecule has 0 radical (unpaired) electrons. The molecule has 0 aliphatic carbocycles. The molecule has 1 heterocycles. The molecule has 1 rings (SSSR count). The molecule has 1 atom stereocenters. The van der Waals surface area contributed by atoms with Gasteiger partial charge in [0.1, 0.15) is 5.75 Å². The summed E-state index contributed by atoms with van der Waals surface area (Å²) in [5, 5.41) is 3.65. The molecule has 1 unspecified atom stereocenters. The van der Waals surface area contributed by atoms with Crippen molar-refractivity contribution in [3.8, 4) is 5.75 Å². The number of nitrogens with zero attached hydrogens (tertiary/aromatic N) is 1.